The highest BCUT2D eigenvalue weighted by Gasteiger charge is 2.26. The number of hydrogen-bond donors (Lipinski definition) is 3. The van der Waals surface area contributed by atoms with Gasteiger partial charge in [-0.15, -0.1) is 0 Å². The lowest BCUT2D eigenvalue weighted by Crippen LogP contribution is -2.44. The van der Waals surface area contributed by atoms with Gasteiger partial charge in [0.2, 0.25) is 0 Å². The van der Waals surface area contributed by atoms with E-state index >= 15 is 0 Å². The molecule has 4 rings (SSSR count). The van der Waals surface area contributed by atoms with Gasteiger partial charge in [-0.1, -0.05) is 50.6 Å². The van der Waals surface area contributed by atoms with Crippen LogP contribution in [0.3, 0.4) is 0 Å². The fraction of sp³-hybridized carbons (Fsp3) is 0.393. The van der Waals surface area contributed by atoms with E-state index in [2.05, 4.69) is 31.4 Å². The molecular weight excluding hydrogens is 454 g/mol. The number of rotatable bonds is 5. The molecule has 0 bridgehead atoms. The van der Waals surface area contributed by atoms with Crippen molar-refractivity contribution in [1.29, 1.82) is 0 Å². The van der Waals surface area contributed by atoms with Crippen molar-refractivity contribution in [2.45, 2.75) is 64.8 Å². The van der Waals surface area contributed by atoms with Gasteiger partial charge in [0.15, 0.2) is 0 Å². The lowest BCUT2D eigenvalue weighted by atomic mass is 9.92. The summed E-state index contributed by atoms with van der Waals surface area (Å²) in [5, 5.41) is 20.2. The average molecular weight is 490 g/mol. The Balaban J connectivity index is 1.49. The van der Waals surface area contributed by atoms with Gasteiger partial charge in [0.25, 0.3) is 0 Å². The van der Waals surface area contributed by atoms with E-state index in [0.29, 0.717) is 24.5 Å². The Morgan fingerprint density at radius 1 is 1.06 bits per heavy atom. The molecule has 3 amide bonds. The Morgan fingerprint density at radius 3 is 2.50 bits per heavy atom. The normalized spacial score (nSPS) is 16.0. The maximum Gasteiger partial charge on any atom is 0.407 e. The van der Waals surface area contributed by atoms with Crippen LogP contribution in [0.2, 0.25) is 0 Å². The fourth-order valence-electron chi connectivity index (χ4n) is 4.51. The first-order chi connectivity index (χ1) is 17.1. The van der Waals surface area contributed by atoms with Crippen molar-refractivity contribution in [2.75, 3.05) is 17.2 Å². The van der Waals surface area contributed by atoms with Crippen molar-refractivity contribution in [3.8, 4) is 5.69 Å². The van der Waals surface area contributed by atoms with Crippen LogP contribution in [0, 0.1) is 6.92 Å². The Hall–Kier alpha value is -3.81. The number of aryl methyl sites for hydroxylation is 1. The van der Waals surface area contributed by atoms with Gasteiger partial charge in [-0.25, -0.2) is 14.3 Å². The molecule has 8 nitrogen and oxygen atoms in total. The minimum atomic E-state index is -0.867. The second-order valence-corrected chi connectivity index (χ2v) is 10.5. The third kappa shape index (κ3) is 6.05. The van der Waals surface area contributed by atoms with Crippen molar-refractivity contribution in [3.05, 3.63) is 71.4 Å². The van der Waals surface area contributed by atoms with Crippen molar-refractivity contribution in [2.24, 2.45) is 0 Å². The van der Waals surface area contributed by atoms with Crippen molar-refractivity contribution < 1.29 is 14.7 Å². The van der Waals surface area contributed by atoms with Gasteiger partial charge >= 0.3 is 12.1 Å². The zero-order chi connectivity index (χ0) is 25.9. The number of piperidine rings is 1. The summed E-state index contributed by atoms with van der Waals surface area (Å²) in [6.07, 6.45) is 2.54. The second kappa shape index (κ2) is 10.4. The van der Waals surface area contributed by atoms with Gasteiger partial charge in [0.05, 0.1) is 11.4 Å². The number of carbonyl (C=O) groups is 2. The number of nitrogens with one attached hydrogen (secondary N) is 2. The molecule has 3 N–H and O–H groups in total. The molecule has 36 heavy (non-hydrogen) atoms. The number of benzene rings is 2. The van der Waals surface area contributed by atoms with Crippen LogP contribution < -0.4 is 10.6 Å². The molecule has 1 saturated heterocycles. The second-order valence-electron chi connectivity index (χ2n) is 10.5. The summed E-state index contributed by atoms with van der Waals surface area (Å²) in [4.78, 5) is 26.1. The Kier molecular flexibility index (Phi) is 7.33. The first-order valence-electron chi connectivity index (χ1n) is 12.4. The Morgan fingerprint density at radius 2 is 1.81 bits per heavy atom. The lowest BCUT2D eigenvalue weighted by molar-refractivity contribution is 0.106. The summed E-state index contributed by atoms with van der Waals surface area (Å²) in [5.41, 5.74) is 4.35. The number of nitrogens with zero attached hydrogens (tertiary/aromatic N) is 3. The van der Waals surface area contributed by atoms with Gasteiger partial charge in [0.1, 0.15) is 5.82 Å². The van der Waals surface area contributed by atoms with Crippen LogP contribution >= 0.6 is 0 Å². The number of anilines is 2. The summed E-state index contributed by atoms with van der Waals surface area (Å²) in [5.74, 6) is 0.580. The number of hydrogen-bond acceptors (Lipinski definition) is 3. The highest BCUT2D eigenvalue weighted by atomic mass is 16.4. The minimum Gasteiger partial charge on any atom is -0.465 e. The zero-order valence-electron chi connectivity index (χ0n) is 21.4. The molecule has 1 aliphatic heterocycles. The summed E-state index contributed by atoms with van der Waals surface area (Å²) in [7, 11) is 0. The smallest absolute Gasteiger partial charge is 0.407 e. The number of urea groups is 1. The lowest BCUT2D eigenvalue weighted by Gasteiger charge is -2.33. The predicted molar refractivity (Wildman–Crippen MR) is 142 cm³/mol. The maximum absolute atomic E-state index is 13.0. The molecule has 0 radical (unpaired) electrons. The quantitative estimate of drug-likeness (QED) is 0.397. The monoisotopic (exact) mass is 489 g/mol. The van der Waals surface area contributed by atoms with Crippen LogP contribution in [0.15, 0.2) is 54.6 Å². The maximum atomic E-state index is 13.0. The largest absolute Gasteiger partial charge is 0.465 e. The first-order valence-corrected chi connectivity index (χ1v) is 12.4. The van der Waals surface area contributed by atoms with E-state index in [9.17, 15) is 14.7 Å². The van der Waals surface area contributed by atoms with Crippen molar-refractivity contribution >= 4 is 23.6 Å². The summed E-state index contributed by atoms with van der Waals surface area (Å²) in [6.45, 7) is 8.86. The Bertz CT molecular complexity index is 1230. The van der Waals surface area contributed by atoms with E-state index in [1.165, 1.54) is 4.90 Å². The van der Waals surface area contributed by atoms with E-state index in [0.717, 1.165) is 41.8 Å². The molecule has 0 aliphatic carbocycles. The van der Waals surface area contributed by atoms with E-state index < -0.39 is 6.09 Å². The van der Waals surface area contributed by atoms with Crippen LogP contribution in [-0.4, -0.2) is 44.5 Å². The third-order valence-corrected chi connectivity index (χ3v) is 6.53. The Labute approximate surface area is 212 Å². The zero-order valence-corrected chi connectivity index (χ0v) is 21.4. The number of aromatic nitrogens is 2. The van der Waals surface area contributed by atoms with Crippen LogP contribution in [-0.2, 0) is 11.8 Å². The SMILES string of the molecule is Cc1ccc(-n2nc(C(C)(C)C)cc2NC(=O)Nc2cccc(CC3CCCCN3C(=O)O)c2)cc1. The topological polar surface area (TPSA) is 99.5 Å². The van der Waals surface area contributed by atoms with Crippen molar-refractivity contribution in [3.63, 3.8) is 0 Å². The molecule has 1 fully saturated rings. The highest BCUT2D eigenvalue weighted by Crippen LogP contribution is 2.27. The first kappa shape index (κ1) is 25.3. The number of carbonyl (C=O) groups excluding carboxylic acids is 1. The molecule has 190 valence electrons. The summed E-state index contributed by atoms with van der Waals surface area (Å²) in [6, 6.07) is 17.1. The van der Waals surface area contributed by atoms with Gasteiger partial charge in [0, 0.05) is 29.8 Å². The van der Waals surface area contributed by atoms with Gasteiger partial charge in [-0.05, 0) is 62.4 Å². The molecular formula is C28H35N5O3. The van der Waals surface area contributed by atoms with Gasteiger partial charge in [-0.3, -0.25) is 5.32 Å². The molecule has 8 heteroatoms. The van der Waals surface area contributed by atoms with Crippen LogP contribution in [0.5, 0.6) is 0 Å². The van der Waals surface area contributed by atoms with E-state index in [1.807, 2.05) is 61.5 Å². The molecule has 2 aromatic carbocycles. The van der Waals surface area contributed by atoms with Gasteiger partial charge in [-0.2, -0.15) is 5.10 Å². The number of likely N-dealkylation sites (tertiary alicyclic amines) is 1. The van der Waals surface area contributed by atoms with Gasteiger partial charge < -0.3 is 15.3 Å². The molecule has 1 aromatic heterocycles. The van der Waals surface area contributed by atoms with E-state index in [1.54, 1.807) is 4.68 Å². The highest BCUT2D eigenvalue weighted by molar-refractivity contribution is 5.99. The van der Waals surface area contributed by atoms with Crippen LogP contribution in [0.4, 0.5) is 21.1 Å². The third-order valence-electron chi connectivity index (χ3n) is 6.53. The number of amides is 3. The molecule has 3 aromatic rings. The minimum absolute atomic E-state index is 0.0417. The number of carboxylic acid groups (broad SMARTS) is 1. The summed E-state index contributed by atoms with van der Waals surface area (Å²) < 4.78 is 1.75. The van der Waals surface area contributed by atoms with Crippen molar-refractivity contribution in [1.82, 2.24) is 14.7 Å². The molecule has 1 aliphatic rings. The molecule has 0 spiro atoms. The standard InChI is InChI=1S/C28H35N5O3/c1-19-11-13-22(14-12-19)33-25(18-24(31-33)28(2,3)4)30-26(34)29-21-9-7-8-20(16-21)17-23-10-5-6-15-32(23)27(35)36/h7-9,11-14,16,18,23H,5-6,10,15,17H2,1-4H3,(H,35,36)(H2,29,30,34). The molecule has 0 saturated carbocycles. The van der Waals surface area contributed by atoms with E-state index in [-0.39, 0.29) is 17.5 Å². The van der Waals surface area contributed by atoms with Crippen LogP contribution in [0.25, 0.3) is 5.69 Å². The van der Waals surface area contributed by atoms with E-state index in [4.69, 9.17) is 5.10 Å². The predicted octanol–water partition coefficient (Wildman–Crippen LogP) is 6.20. The summed E-state index contributed by atoms with van der Waals surface area (Å²) >= 11 is 0. The van der Waals surface area contributed by atoms with Crippen LogP contribution in [0.1, 0.15) is 56.9 Å². The molecule has 1 unspecified atom stereocenters. The fourth-order valence-corrected chi connectivity index (χ4v) is 4.51. The molecule has 2 heterocycles. The molecule has 1 atom stereocenters. The average Bonchev–Trinajstić information content (AvgIpc) is 3.24.